The molecule has 0 amide bonds. The normalized spacial score (nSPS) is 23.9. The van der Waals surface area contributed by atoms with Gasteiger partial charge < -0.3 is 9.47 Å². The summed E-state index contributed by atoms with van der Waals surface area (Å²) in [6, 6.07) is 0. The first-order valence-electron chi connectivity index (χ1n) is 5.78. The molecular weight excluding hydrogens is 192 g/mol. The summed E-state index contributed by atoms with van der Waals surface area (Å²) in [7, 11) is 0. The number of hydrogen-bond donors (Lipinski definition) is 0. The Hall–Kier alpha value is -0.570. The fourth-order valence-electron chi connectivity index (χ4n) is 1.69. The van der Waals surface area contributed by atoms with Crippen molar-refractivity contribution in [2.45, 2.75) is 46.1 Å². The maximum absolute atomic E-state index is 11.7. The van der Waals surface area contributed by atoms with Gasteiger partial charge in [-0.05, 0) is 26.7 Å². The highest BCUT2D eigenvalue weighted by Crippen LogP contribution is 2.29. The molecule has 0 saturated carbocycles. The van der Waals surface area contributed by atoms with Crippen LogP contribution >= 0.6 is 0 Å². The van der Waals surface area contributed by atoms with Crippen LogP contribution in [0.3, 0.4) is 0 Å². The maximum Gasteiger partial charge on any atom is 0.309 e. The smallest absolute Gasteiger partial charge is 0.309 e. The molecule has 0 radical (unpaired) electrons. The Balaban J connectivity index is 2.50. The Kier molecular flexibility index (Phi) is 4.14. The van der Waals surface area contributed by atoms with Crippen LogP contribution in [-0.2, 0) is 14.3 Å². The molecule has 0 N–H and O–H groups in total. The lowest BCUT2D eigenvalue weighted by molar-refractivity contribution is -0.166. The van der Waals surface area contributed by atoms with E-state index in [0.717, 1.165) is 19.4 Å². The van der Waals surface area contributed by atoms with Gasteiger partial charge in [-0.15, -0.1) is 0 Å². The van der Waals surface area contributed by atoms with Crippen LogP contribution in [0.5, 0.6) is 0 Å². The summed E-state index contributed by atoms with van der Waals surface area (Å²) >= 11 is 0. The van der Waals surface area contributed by atoms with Gasteiger partial charge >= 0.3 is 5.97 Å². The highest BCUT2D eigenvalue weighted by Gasteiger charge is 2.36. The van der Waals surface area contributed by atoms with Gasteiger partial charge in [-0.1, -0.05) is 13.8 Å². The van der Waals surface area contributed by atoms with Crippen molar-refractivity contribution in [2.24, 2.45) is 11.8 Å². The molecule has 2 atom stereocenters. The van der Waals surface area contributed by atoms with E-state index in [1.165, 1.54) is 0 Å². The molecule has 0 aliphatic carbocycles. The molecular formula is C12H22O3. The van der Waals surface area contributed by atoms with Crippen molar-refractivity contribution in [3.8, 4) is 0 Å². The zero-order chi connectivity index (χ0) is 11.5. The fourth-order valence-corrected chi connectivity index (χ4v) is 1.69. The van der Waals surface area contributed by atoms with Gasteiger partial charge in [0.05, 0.1) is 12.5 Å². The molecule has 0 aromatic carbocycles. The topological polar surface area (TPSA) is 35.5 Å². The van der Waals surface area contributed by atoms with Crippen LogP contribution < -0.4 is 0 Å². The number of carbonyl (C=O) groups excluding carboxylic acids is 1. The molecule has 1 fully saturated rings. The number of esters is 1. The average Bonchev–Trinajstić information content (AvgIpc) is 2.69. The molecule has 1 heterocycles. The van der Waals surface area contributed by atoms with Crippen LogP contribution in [0.25, 0.3) is 0 Å². The van der Waals surface area contributed by atoms with Gasteiger partial charge in [-0.2, -0.15) is 0 Å². The van der Waals surface area contributed by atoms with Gasteiger partial charge in [-0.3, -0.25) is 4.79 Å². The van der Waals surface area contributed by atoms with Crippen molar-refractivity contribution >= 4 is 5.97 Å². The van der Waals surface area contributed by atoms with Crippen LogP contribution in [0.1, 0.15) is 40.5 Å². The molecule has 15 heavy (non-hydrogen) atoms. The second-order valence-corrected chi connectivity index (χ2v) is 4.89. The highest BCUT2D eigenvalue weighted by molar-refractivity contribution is 5.72. The van der Waals surface area contributed by atoms with Crippen molar-refractivity contribution in [1.82, 2.24) is 0 Å². The van der Waals surface area contributed by atoms with E-state index in [2.05, 4.69) is 0 Å². The maximum atomic E-state index is 11.7. The van der Waals surface area contributed by atoms with E-state index in [0.29, 0.717) is 12.5 Å². The Morgan fingerprint density at radius 3 is 2.73 bits per heavy atom. The molecule has 0 aromatic heterocycles. The lowest BCUT2D eigenvalue weighted by atomic mass is 9.90. The largest absolute Gasteiger partial charge is 0.459 e. The predicted molar refractivity (Wildman–Crippen MR) is 58.6 cm³/mol. The van der Waals surface area contributed by atoms with Gasteiger partial charge in [0.15, 0.2) is 0 Å². The minimum Gasteiger partial charge on any atom is -0.459 e. The van der Waals surface area contributed by atoms with Crippen molar-refractivity contribution < 1.29 is 14.3 Å². The van der Waals surface area contributed by atoms with E-state index in [-0.39, 0.29) is 11.9 Å². The SMILES string of the molecule is CCC(C)C(=O)OC(C)(C)C1CCOC1. The summed E-state index contributed by atoms with van der Waals surface area (Å²) in [6.07, 6.45) is 1.82. The Morgan fingerprint density at radius 1 is 1.60 bits per heavy atom. The van der Waals surface area contributed by atoms with Gasteiger partial charge in [0.2, 0.25) is 0 Å². The fraction of sp³-hybridized carbons (Fsp3) is 0.917. The summed E-state index contributed by atoms with van der Waals surface area (Å²) in [4.78, 5) is 11.7. The number of carbonyl (C=O) groups is 1. The second-order valence-electron chi connectivity index (χ2n) is 4.89. The number of hydrogen-bond acceptors (Lipinski definition) is 3. The quantitative estimate of drug-likeness (QED) is 0.674. The molecule has 2 unspecified atom stereocenters. The molecule has 1 rings (SSSR count). The van der Waals surface area contributed by atoms with E-state index in [9.17, 15) is 4.79 Å². The average molecular weight is 214 g/mol. The zero-order valence-electron chi connectivity index (χ0n) is 10.2. The summed E-state index contributed by atoms with van der Waals surface area (Å²) in [5.41, 5.74) is -0.392. The first-order valence-corrected chi connectivity index (χ1v) is 5.78. The highest BCUT2D eigenvalue weighted by atomic mass is 16.6. The monoisotopic (exact) mass is 214 g/mol. The Bertz CT molecular complexity index is 217. The Morgan fingerprint density at radius 2 is 2.27 bits per heavy atom. The minimum atomic E-state index is -0.392. The van der Waals surface area contributed by atoms with E-state index in [4.69, 9.17) is 9.47 Å². The summed E-state index contributed by atoms with van der Waals surface area (Å²) in [6.45, 7) is 9.36. The van der Waals surface area contributed by atoms with Gasteiger partial charge in [0, 0.05) is 12.5 Å². The van der Waals surface area contributed by atoms with Crippen molar-refractivity contribution in [2.75, 3.05) is 13.2 Å². The molecule has 0 spiro atoms. The number of ether oxygens (including phenoxy) is 2. The van der Waals surface area contributed by atoms with E-state index in [1.807, 2.05) is 27.7 Å². The van der Waals surface area contributed by atoms with Gasteiger partial charge in [0.25, 0.3) is 0 Å². The molecule has 3 nitrogen and oxygen atoms in total. The van der Waals surface area contributed by atoms with E-state index in [1.54, 1.807) is 0 Å². The minimum absolute atomic E-state index is 0.00778. The number of rotatable bonds is 4. The Labute approximate surface area is 92.1 Å². The van der Waals surface area contributed by atoms with Crippen LogP contribution in [-0.4, -0.2) is 24.8 Å². The van der Waals surface area contributed by atoms with Crippen LogP contribution in [0.2, 0.25) is 0 Å². The lowest BCUT2D eigenvalue weighted by Crippen LogP contribution is -2.38. The first kappa shape index (κ1) is 12.5. The van der Waals surface area contributed by atoms with Crippen LogP contribution in [0.15, 0.2) is 0 Å². The summed E-state index contributed by atoms with van der Waals surface area (Å²) < 4.78 is 10.9. The molecule has 1 aliphatic heterocycles. The molecule has 1 saturated heterocycles. The van der Waals surface area contributed by atoms with Gasteiger partial charge in [-0.25, -0.2) is 0 Å². The molecule has 0 bridgehead atoms. The van der Waals surface area contributed by atoms with Gasteiger partial charge in [0.1, 0.15) is 5.60 Å². The van der Waals surface area contributed by atoms with Crippen molar-refractivity contribution in [3.05, 3.63) is 0 Å². The van der Waals surface area contributed by atoms with Crippen molar-refractivity contribution in [1.29, 1.82) is 0 Å². The summed E-state index contributed by atoms with van der Waals surface area (Å²) in [5, 5.41) is 0. The lowest BCUT2D eigenvalue weighted by Gasteiger charge is -2.31. The third-order valence-electron chi connectivity index (χ3n) is 3.29. The van der Waals surface area contributed by atoms with Crippen molar-refractivity contribution in [3.63, 3.8) is 0 Å². The van der Waals surface area contributed by atoms with Crippen LogP contribution in [0.4, 0.5) is 0 Å². The molecule has 88 valence electrons. The first-order chi connectivity index (χ1) is 6.97. The second kappa shape index (κ2) is 4.97. The predicted octanol–water partition coefficient (Wildman–Crippen LogP) is 2.39. The molecule has 3 heteroatoms. The standard InChI is InChI=1S/C12H22O3/c1-5-9(2)11(13)15-12(3,4)10-6-7-14-8-10/h9-10H,5-8H2,1-4H3. The summed E-state index contributed by atoms with van der Waals surface area (Å²) in [5.74, 6) is 0.242. The molecule has 1 aliphatic rings. The van der Waals surface area contributed by atoms with E-state index < -0.39 is 5.60 Å². The van der Waals surface area contributed by atoms with Crippen LogP contribution in [0, 0.1) is 11.8 Å². The van der Waals surface area contributed by atoms with E-state index >= 15 is 0 Å². The third-order valence-corrected chi connectivity index (χ3v) is 3.29. The zero-order valence-corrected chi connectivity index (χ0v) is 10.2. The molecule has 0 aromatic rings. The third kappa shape index (κ3) is 3.20.